The van der Waals surface area contributed by atoms with E-state index in [4.69, 9.17) is 9.47 Å². The molecule has 1 aromatic carbocycles. The Morgan fingerprint density at radius 1 is 1.36 bits per heavy atom. The van der Waals surface area contributed by atoms with Crippen LogP contribution in [0.25, 0.3) is 0 Å². The lowest BCUT2D eigenvalue weighted by Gasteiger charge is -2.37. The van der Waals surface area contributed by atoms with Crippen molar-refractivity contribution in [3.05, 3.63) is 23.8 Å². The summed E-state index contributed by atoms with van der Waals surface area (Å²) in [7, 11) is 1.65. The summed E-state index contributed by atoms with van der Waals surface area (Å²) in [6.45, 7) is 5.06. The fraction of sp³-hybridized carbons (Fsp3) is 0.650. The van der Waals surface area contributed by atoms with Gasteiger partial charge in [-0.25, -0.2) is 0 Å². The van der Waals surface area contributed by atoms with Crippen molar-refractivity contribution < 1.29 is 14.3 Å². The third kappa shape index (κ3) is 3.76. The van der Waals surface area contributed by atoms with E-state index in [-0.39, 0.29) is 11.3 Å². The van der Waals surface area contributed by atoms with Crippen molar-refractivity contribution >= 4 is 5.91 Å². The zero-order valence-electron chi connectivity index (χ0n) is 15.4. The quantitative estimate of drug-likeness (QED) is 0.797. The van der Waals surface area contributed by atoms with Crippen LogP contribution in [0.15, 0.2) is 18.2 Å². The van der Waals surface area contributed by atoms with Gasteiger partial charge < -0.3 is 20.1 Å². The summed E-state index contributed by atoms with van der Waals surface area (Å²) >= 11 is 0. The van der Waals surface area contributed by atoms with Crippen molar-refractivity contribution in [3.63, 3.8) is 0 Å². The lowest BCUT2D eigenvalue weighted by molar-refractivity contribution is -0.134. The van der Waals surface area contributed by atoms with E-state index in [9.17, 15) is 4.79 Å². The second-order valence-electron chi connectivity index (χ2n) is 7.25. The Morgan fingerprint density at radius 3 is 3.04 bits per heavy atom. The molecule has 0 spiro atoms. The van der Waals surface area contributed by atoms with Crippen LogP contribution in [0.1, 0.15) is 44.6 Å². The predicted molar refractivity (Wildman–Crippen MR) is 97.9 cm³/mol. The predicted octanol–water partition coefficient (Wildman–Crippen LogP) is 2.88. The number of fused-ring (bicyclic) bond motifs is 1. The minimum absolute atomic E-state index is 0.201. The average Bonchev–Trinajstić information content (AvgIpc) is 3.10. The Hall–Kier alpha value is -1.75. The van der Waals surface area contributed by atoms with Crippen molar-refractivity contribution in [2.24, 2.45) is 11.3 Å². The summed E-state index contributed by atoms with van der Waals surface area (Å²) in [6, 6.07) is 5.87. The van der Waals surface area contributed by atoms with Gasteiger partial charge in [0.1, 0.15) is 0 Å². The number of hydrogen-bond donors (Lipinski definition) is 2. The van der Waals surface area contributed by atoms with Gasteiger partial charge in [0.15, 0.2) is 11.5 Å². The first-order chi connectivity index (χ1) is 12.2. The molecule has 1 saturated carbocycles. The van der Waals surface area contributed by atoms with Gasteiger partial charge in [0.25, 0.3) is 0 Å². The third-order valence-corrected chi connectivity index (χ3v) is 5.63. The normalized spacial score (nSPS) is 25.3. The molecular formula is C20H30N2O3. The number of carbonyl (C=O) groups excluding carboxylic acids is 1. The van der Waals surface area contributed by atoms with E-state index >= 15 is 0 Å². The SMILES string of the molecule is CCCOc1ccc(CNC(=O)[C@@]23CCCC[C@H]2CNC3)cc1OC. The van der Waals surface area contributed by atoms with E-state index in [1.165, 1.54) is 6.42 Å². The molecule has 1 aliphatic carbocycles. The second kappa shape index (κ2) is 8.09. The molecule has 1 aliphatic heterocycles. The number of amides is 1. The smallest absolute Gasteiger partial charge is 0.228 e. The highest BCUT2D eigenvalue weighted by atomic mass is 16.5. The maximum atomic E-state index is 12.9. The van der Waals surface area contributed by atoms with E-state index in [0.29, 0.717) is 19.1 Å². The Bertz CT molecular complexity index is 605. The van der Waals surface area contributed by atoms with Crippen LogP contribution < -0.4 is 20.1 Å². The first kappa shape index (κ1) is 18.1. The van der Waals surface area contributed by atoms with Crippen LogP contribution in [-0.4, -0.2) is 32.7 Å². The molecule has 5 nitrogen and oxygen atoms in total. The highest BCUT2D eigenvalue weighted by Crippen LogP contribution is 2.44. The van der Waals surface area contributed by atoms with Crippen LogP contribution in [-0.2, 0) is 11.3 Å². The zero-order valence-corrected chi connectivity index (χ0v) is 15.4. The molecule has 2 fully saturated rings. The number of ether oxygens (including phenoxy) is 2. The molecule has 1 aromatic rings. The molecule has 2 aliphatic rings. The fourth-order valence-corrected chi connectivity index (χ4v) is 4.20. The molecule has 1 heterocycles. The Morgan fingerprint density at radius 2 is 2.24 bits per heavy atom. The molecule has 0 bridgehead atoms. The van der Waals surface area contributed by atoms with Crippen LogP contribution in [0.2, 0.25) is 0 Å². The monoisotopic (exact) mass is 346 g/mol. The Labute approximate surface area is 150 Å². The maximum Gasteiger partial charge on any atom is 0.228 e. The number of rotatable bonds is 7. The van der Waals surface area contributed by atoms with Crippen LogP contribution in [0, 0.1) is 11.3 Å². The zero-order chi connectivity index (χ0) is 17.7. The summed E-state index contributed by atoms with van der Waals surface area (Å²) < 4.78 is 11.1. The molecule has 2 atom stereocenters. The van der Waals surface area contributed by atoms with Gasteiger partial charge in [0.05, 0.1) is 19.1 Å². The average molecular weight is 346 g/mol. The molecule has 138 valence electrons. The van der Waals surface area contributed by atoms with E-state index in [0.717, 1.165) is 55.8 Å². The highest BCUT2D eigenvalue weighted by molar-refractivity contribution is 5.83. The molecular weight excluding hydrogens is 316 g/mol. The summed E-state index contributed by atoms with van der Waals surface area (Å²) in [5, 5.41) is 6.60. The van der Waals surface area contributed by atoms with Gasteiger partial charge in [-0.15, -0.1) is 0 Å². The first-order valence-electron chi connectivity index (χ1n) is 9.48. The van der Waals surface area contributed by atoms with Crippen molar-refractivity contribution in [2.75, 3.05) is 26.8 Å². The molecule has 1 amide bonds. The van der Waals surface area contributed by atoms with E-state index < -0.39 is 0 Å². The minimum atomic E-state index is -0.202. The number of hydrogen-bond acceptors (Lipinski definition) is 4. The standard InChI is InChI=1S/C20H30N2O3/c1-3-10-25-17-8-7-15(11-18(17)24-2)12-22-19(23)20-9-5-4-6-16(20)13-21-14-20/h7-8,11,16,21H,3-6,9-10,12-14H2,1-2H3,(H,22,23)/t16-,20+/m0/s1. The number of benzene rings is 1. The topological polar surface area (TPSA) is 59.6 Å². The number of methoxy groups -OCH3 is 1. The van der Waals surface area contributed by atoms with Gasteiger partial charge in [-0.2, -0.15) is 0 Å². The molecule has 25 heavy (non-hydrogen) atoms. The van der Waals surface area contributed by atoms with E-state index in [2.05, 4.69) is 17.6 Å². The van der Waals surface area contributed by atoms with Crippen molar-refractivity contribution in [2.45, 2.75) is 45.6 Å². The summed E-state index contributed by atoms with van der Waals surface area (Å²) in [6.07, 6.45) is 5.53. The molecule has 3 rings (SSSR count). The van der Waals surface area contributed by atoms with Gasteiger partial charge in [-0.3, -0.25) is 4.79 Å². The molecule has 0 radical (unpaired) electrons. The van der Waals surface area contributed by atoms with Crippen molar-refractivity contribution in [1.82, 2.24) is 10.6 Å². The molecule has 5 heteroatoms. The van der Waals surface area contributed by atoms with Gasteiger partial charge >= 0.3 is 0 Å². The first-order valence-corrected chi connectivity index (χ1v) is 9.48. The summed E-state index contributed by atoms with van der Waals surface area (Å²) in [4.78, 5) is 12.9. The van der Waals surface area contributed by atoms with Crippen molar-refractivity contribution in [1.29, 1.82) is 0 Å². The Balaban J connectivity index is 1.64. The maximum absolute atomic E-state index is 12.9. The summed E-state index contributed by atoms with van der Waals surface area (Å²) in [5.41, 5.74) is 0.829. The number of carbonyl (C=O) groups is 1. The fourth-order valence-electron chi connectivity index (χ4n) is 4.20. The highest BCUT2D eigenvalue weighted by Gasteiger charge is 2.49. The van der Waals surface area contributed by atoms with Crippen LogP contribution in [0.5, 0.6) is 11.5 Å². The lowest BCUT2D eigenvalue weighted by atomic mass is 9.67. The third-order valence-electron chi connectivity index (χ3n) is 5.63. The molecule has 2 N–H and O–H groups in total. The van der Waals surface area contributed by atoms with Gasteiger partial charge in [0.2, 0.25) is 5.91 Å². The largest absolute Gasteiger partial charge is 0.493 e. The van der Waals surface area contributed by atoms with Gasteiger partial charge in [-0.05, 0) is 49.4 Å². The van der Waals surface area contributed by atoms with E-state index in [1.54, 1.807) is 7.11 Å². The van der Waals surface area contributed by atoms with Crippen LogP contribution >= 0.6 is 0 Å². The minimum Gasteiger partial charge on any atom is -0.493 e. The van der Waals surface area contributed by atoms with Crippen molar-refractivity contribution in [3.8, 4) is 11.5 Å². The molecule has 0 unspecified atom stereocenters. The van der Waals surface area contributed by atoms with Gasteiger partial charge in [-0.1, -0.05) is 25.8 Å². The summed E-state index contributed by atoms with van der Waals surface area (Å²) in [5.74, 6) is 2.16. The lowest BCUT2D eigenvalue weighted by Crippen LogP contribution is -2.47. The van der Waals surface area contributed by atoms with Gasteiger partial charge in [0, 0.05) is 13.1 Å². The number of nitrogens with one attached hydrogen (secondary N) is 2. The molecule has 1 saturated heterocycles. The Kier molecular flexibility index (Phi) is 5.84. The molecule has 0 aromatic heterocycles. The van der Waals surface area contributed by atoms with Crippen LogP contribution in [0.3, 0.4) is 0 Å². The second-order valence-corrected chi connectivity index (χ2v) is 7.25. The van der Waals surface area contributed by atoms with Crippen LogP contribution in [0.4, 0.5) is 0 Å². The van der Waals surface area contributed by atoms with E-state index in [1.807, 2.05) is 18.2 Å².